The molecular formula is C39H39N5O5. The lowest BCUT2D eigenvalue weighted by Crippen LogP contribution is -2.38. The second-order valence-corrected chi connectivity index (χ2v) is 11.5. The van der Waals surface area contributed by atoms with Crippen molar-refractivity contribution in [3.05, 3.63) is 130 Å². The Balaban J connectivity index is 1.24. The molecule has 5 aromatic rings. The van der Waals surface area contributed by atoms with Crippen molar-refractivity contribution in [3.63, 3.8) is 0 Å². The van der Waals surface area contributed by atoms with E-state index in [1.165, 1.54) is 11.0 Å². The van der Waals surface area contributed by atoms with Crippen LogP contribution in [0, 0.1) is 20.8 Å². The van der Waals surface area contributed by atoms with Gasteiger partial charge < -0.3 is 25.0 Å². The molecule has 0 aliphatic rings. The summed E-state index contributed by atoms with van der Waals surface area (Å²) < 4.78 is 12.5. The number of carbonyl (C=O) groups excluding carboxylic acids is 3. The number of rotatable bonds is 12. The van der Waals surface area contributed by atoms with Crippen LogP contribution in [0.25, 0.3) is 17.0 Å². The molecule has 0 atom stereocenters. The van der Waals surface area contributed by atoms with Crippen molar-refractivity contribution in [1.29, 1.82) is 0 Å². The first-order valence-corrected chi connectivity index (χ1v) is 15.8. The number of aromatic nitrogens is 2. The van der Waals surface area contributed by atoms with Crippen LogP contribution in [0.4, 0.5) is 5.69 Å². The summed E-state index contributed by atoms with van der Waals surface area (Å²) in [6.07, 6.45) is 4.72. The molecule has 0 radical (unpaired) electrons. The summed E-state index contributed by atoms with van der Waals surface area (Å²) in [6, 6.07) is 24.1. The quantitative estimate of drug-likeness (QED) is 0.161. The number of fused-ring (bicyclic) bond motifs is 1. The van der Waals surface area contributed by atoms with Gasteiger partial charge in [-0.25, -0.2) is 4.98 Å². The Hall–Kier alpha value is -6.03. The second kappa shape index (κ2) is 15.7. The normalized spacial score (nSPS) is 11.0. The average Bonchev–Trinajstić information content (AvgIpc) is 3.12. The van der Waals surface area contributed by atoms with Crippen LogP contribution in [0.2, 0.25) is 0 Å². The summed E-state index contributed by atoms with van der Waals surface area (Å²) in [6.45, 7) is 6.29. The Kier molecular flexibility index (Phi) is 11.0. The first kappa shape index (κ1) is 34.3. The van der Waals surface area contributed by atoms with Crippen molar-refractivity contribution >= 4 is 40.4 Å². The molecule has 10 nitrogen and oxygen atoms in total. The molecule has 5 rings (SSSR count). The van der Waals surface area contributed by atoms with Gasteiger partial charge in [0, 0.05) is 54.8 Å². The summed E-state index contributed by atoms with van der Waals surface area (Å²) in [5, 5.41) is 6.05. The fourth-order valence-electron chi connectivity index (χ4n) is 5.34. The maximum atomic E-state index is 13.1. The van der Waals surface area contributed by atoms with Gasteiger partial charge in [-0.1, -0.05) is 30.3 Å². The molecule has 0 aliphatic carbocycles. The summed E-state index contributed by atoms with van der Waals surface area (Å²) in [5.74, 6) is 0.454. The topological polar surface area (TPSA) is 123 Å². The second-order valence-electron chi connectivity index (χ2n) is 11.5. The molecule has 2 N–H and O–H groups in total. The van der Waals surface area contributed by atoms with E-state index in [1.807, 2.05) is 75.4 Å². The van der Waals surface area contributed by atoms with E-state index in [0.29, 0.717) is 34.9 Å². The third-order valence-corrected chi connectivity index (χ3v) is 8.15. The highest BCUT2D eigenvalue weighted by Crippen LogP contribution is 2.33. The number of nitrogens with one attached hydrogen (secondary N) is 2. The summed E-state index contributed by atoms with van der Waals surface area (Å²) in [5.41, 5.74) is 7.18. The van der Waals surface area contributed by atoms with Gasteiger partial charge in [0.05, 0.1) is 12.2 Å². The predicted molar refractivity (Wildman–Crippen MR) is 191 cm³/mol. The van der Waals surface area contributed by atoms with E-state index in [2.05, 4.69) is 15.6 Å². The maximum Gasteiger partial charge on any atom is 0.251 e. The standard InChI is InChI=1S/C39H39N5O5/c1-25-12-18-33(44(5)37(46)22-42-36(45)19-15-28-13-16-29(17-14-28)39(47)40-4)27(3)32(25)24-49-34-11-8-10-31-35(21-26(2)43-38(31)34)48-23-30-9-6-7-20-41-30/h6-21H,22-24H2,1-5H3,(H,40,47)(H,42,45). The number of pyridine rings is 2. The van der Waals surface area contributed by atoms with E-state index < -0.39 is 5.91 Å². The highest BCUT2D eigenvalue weighted by molar-refractivity contribution is 5.99. The minimum atomic E-state index is -0.406. The van der Waals surface area contributed by atoms with E-state index in [-0.39, 0.29) is 25.0 Å². The lowest BCUT2D eigenvalue weighted by molar-refractivity contribution is -0.122. The van der Waals surface area contributed by atoms with Crippen LogP contribution in [0.5, 0.6) is 11.5 Å². The van der Waals surface area contributed by atoms with Crippen LogP contribution in [-0.4, -0.2) is 48.3 Å². The zero-order chi connectivity index (χ0) is 34.9. The molecule has 0 aliphatic heterocycles. The predicted octanol–water partition coefficient (Wildman–Crippen LogP) is 5.87. The van der Waals surface area contributed by atoms with Gasteiger partial charge in [-0.15, -0.1) is 0 Å². The van der Waals surface area contributed by atoms with Gasteiger partial charge in [-0.2, -0.15) is 0 Å². The smallest absolute Gasteiger partial charge is 0.251 e. The number of para-hydroxylation sites is 1. The summed E-state index contributed by atoms with van der Waals surface area (Å²) in [7, 11) is 3.25. The molecule has 0 spiro atoms. The van der Waals surface area contributed by atoms with Crippen LogP contribution >= 0.6 is 0 Å². The fraction of sp³-hybridized carbons (Fsp3) is 0.205. The summed E-state index contributed by atoms with van der Waals surface area (Å²) >= 11 is 0. The number of benzene rings is 3. The SMILES string of the molecule is CNC(=O)c1ccc(C=CC(=O)NCC(=O)N(C)c2ccc(C)c(COc3cccc4c(OCc5ccccn5)cc(C)nc34)c2C)cc1. The molecule has 0 unspecified atom stereocenters. The lowest BCUT2D eigenvalue weighted by atomic mass is 10.0. The molecule has 0 bridgehead atoms. The molecule has 0 saturated carbocycles. The highest BCUT2D eigenvalue weighted by Gasteiger charge is 2.18. The zero-order valence-electron chi connectivity index (χ0n) is 28.2. The fourth-order valence-corrected chi connectivity index (χ4v) is 5.34. The molecule has 10 heteroatoms. The molecule has 2 heterocycles. The highest BCUT2D eigenvalue weighted by atomic mass is 16.5. The molecule has 3 amide bonds. The van der Waals surface area contributed by atoms with Gasteiger partial charge >= 0.3 is 0 Å². The van der Waals surface area contributed by atoms with Gasteiger partial charge in [-0.05, 0) is 91.6 Å². The monoisotopic (exact) mass is 657 g/mol. The molecule has 3 aromatic carbocycles. The first-order chi connectivity index (χ1) is 23.6. The summed E-state index contributed by atoms with van der Waals surface area (Å²) in [4.78, 5) is 48.0. The molecule has 0 saturated heterocycles. The number of amides is 3. The first-order valence-electron chi connectivity index (χ1n) is 15.8. The number of anilines is 1. The van der Waals surface area contributed by atoms with E-state index in [9.17, 15) is 14.4 Å². The largest absolute Gasteiger partial charge is 0.487 e. The van der Waals surface area contributed by atoms with Gasteiger partial charge in [0.1, 0.15) is 30.2 Å². The van der Waals surface area contributed by atoms with Crippen LogP contribution in [0.15, 0.2) is 91.1 Å². The molecule has 250 valence electrons. The zero-order valence-corrected chi connectivity index (χ0v) is 28.2. The van der Waals surface area contributed by atoms with Crippen molar-refractivity contribution in [2.45, 2.75) is 34.0 Å². The molecule has 0 fully saturated rings. The number of hydrogen-bond acceptors (Lipinski definition) is 7. The number of ether oxygens (including phenoxy) is 2. The Morgan fingerprint density at radius 1 is 0.878 bits per heavy atom. The van der Waals surface area contributed by atoms with E-state index in [0.717, 1.165) is 39.0 Å². The Morgan fingerprint density at radius 3 is 2.39 bits per heavy atom. The maximum absolute atomic E-state index is 13.1. The minimum Gasteiger partial charge on any atom is -0.487 e. The van der Waals surface area contributed by atoms with E-state index >= 15 is 0 Å². The van der Waals surface area contributed by atoms with Gasteiger partial charge in [0.25, 0.3) is 5.91 Å². The lowest BCUT2D eigenvalue weighted by Gasteiger charge is -2.23. The third kappa shape index (κ3) is 8.47. The number of carbonyl (C=O) groups is 3. The van der Waals surface area contributed by atoms with Crippen LogP contribution in [0.1, 0.15) is 44.0 Å². The number of nitrogens with zero attached hydrogens (tertiary/aromatic N) is 3. The average molecular weight is 658 g/mol. The van der Waals surface area contributed by atoms with Crippen molar-refractivity contribution in [2.24, 2.45) is 0 Å². The van der Waals surface area contributed by atoms with Crippen molar-refractivity contribution in [2.75, 3.05) is 25.5 Å². The number of likely N-dealkylation sites (N-methyl/N-ethyl adjacent to an activating group) is 1. The van der Waals surface area contributed by atoms with Crippen molar-refractivity contribution in [3.8, 4) is 11.5 Å². The van der Waals surface area contributed by atoms with Crippen LogP contribution in [0.3, 0.4) is 0 Å². The Labute approximate surface area is 285 Å². The third-order valence-electron chi connectivity index (χ3n) is 8.15. The van der Waals surface area contributed by atoms with Gasteiger partial charge in [0.15, 0.2) is 0 Å². The van der Waals surface area contributed by atoms with Crippen LogP contribution < -0.4 is 25.0 Å². The number of hydrogen-bond donors (Lipinski definition) is 2. The molecular weight excluding hydrogens is 618 g/mol. The number of aryl methyl sites for hydroxylation is 2. The molecule has 2 aromatic heterocycles. The van der Waals surface area contributed by atoms with Crippen molar-refractivity contribution < 1.29 is 23.9 Å². The van der Waals surface area contributed by atoms with E-state index in [4.69, 9.17) is 14.5 Å². The van der Waals surface area contributed by atoms with Gasteiger partial charge in [-0.3, -0.25) is 19.4 Å². The Morgan fingerprint density at radius 2 is 1.65 bits per heavy atom. The van der Waals surface area contributed by atoms with Crippen LogP contribution in [-0.2, 0) is 22.8 Å². The van der Waals surface area contributed by atoms with Crippen molar-refractivity contribution in [1.82, 2.24) is 20.6 Å². The van der Waals surface area contributed by atoms with E-state index in [1.54, 1.807) is 50.6 Å². The van der Waals surface area contributed by atoms with Gasteiger partial charge in [0.2, 0.25) is 11.8 Å². The minimum absolute atomic E-state index is 0.180. The Bertz CT molecular complexity index is 2010. The molecule has 49 heavy (non-hydrogen) atoms.